The summed E-state index contributed by atoms with van der Waals surface area (Å²) in [6.07, 6.45) is 0. The summed E-state index contributed by atoms with van der Waals surface area (Å²) < 4.78 is 0. The van der Waals surface area contributed by atoms with E-state index in [1.165, 1.54) is 9.70 Å². The van der Waals surface area contributed by atoms with Gasteiger partial charge in [-0.1, -0.05) is 24.3 Å². The van der Waals surface area contributed by atoms with E-state index in [2.05, 4.69) is 20.7 Å². The number of carbonyl (C=O) groups excluding carboxylic acids is 2. The first-order valence-electron chi connectivity index (χ1n) is 7.93. The molecule has 2 rings (SSSR count). The molecule has 1 heterocycles. The molecule has 0 bridgehead atoms. The third-order valence-electron chi connectivity index (χ3n) is 3.56. The average molecular weight is 330 g/mol. The van der Waals surface area contributed by atoms with Gasteiger partial charge in [-0.25, -0.2) is 0 Å². The second kappa shape index (κ2) is 8.19. The summed E-state index contributed by atoms with van der Waals surface area (Å²) in [5.41, 5.74) is 1.92. The zero-order chi connectivity index (χ0) is 17.5. The van der Waals surface area contributed by atoms with Gasteiger partial charge in [-0.2, -0.15) is 4.80 Å². The van der Waals surface area contributed by atoms with Crippen molar-refractivity contribution < 1.29 is 9.59 Å². The predicted octanol–water partition coefficient (Wildman–Crippen LogP) is 0.633. The Labute approximate surface area is 140 Å². The van der Waals surface area contributed by atoms with Crippen LogP contribution in [0.3, 0.4) is 0 Å². The predicted molar refractivity (Wildman–Crippen MR) is 88.9 cm³/mol. The van der Waals surface area contributed by atoms with Crippen molar-refractivity contribution >= 4 is 11.8 Å². The van der Waals surface area contributed by atoms with Gasteiger partial charge in [-0.15, -0.1) is 10.2 Å². The van der Waals surface area contributed by atoms with Gasteiger partial charge in [-0.3, -0.25) is 9.59 Å². The Hall–Kier alpha value is -2.77. The fraction of sp³-hybridized carbons (Fsp3) is 0.438. The van der Waals surface area contributed by atoms with Crippen LogP contribution in [0.5, 0.6) is 0 Å². The SMILES string of the molecule is CCNC(=O)CN(CC)C(=O)Cn1nnc(-c2ccccc2C)n1. The van der Waals surface area contributed by atoms with Crippen molar-refractivity contribution in [1.29, 1.82) is 0 Å². The second-order valence-corrected chi connectivity index (χ2v) is 5.32. The number of benzene rings is 1. The molecule has 0 radical (unpaired) electrons. The lowest BCUT2D eigenvalue weighted by molar-refractivity contribution is -0.136. The van der Waals surface area contributed by atoms with Crippen LogP contribution in [0.2, 0.25) is 0 Å². The molecule has 8 heteroatoms. The first-order chi connectivity index (χ1) is 11.5. The van der Waals surface area contributed by atoms with E-state index in [0.29, 0.717) is 18.9 Å². The summed E-state index contributed by atoms with van der Waals surface area (Å²) in [6.45, 7) is 6.58. The highest BCUT2D eigenvalue weighted by Gasteiger charge is 2.17. The standard InChI is InChI=1S/C16H22N6O2/c1-4-17-14(23)10-21(5-2)15(24)11-22-19-16(18-20-22)13-9-7-6-8-12(13)3/h6-9H,4-5,10-11H2,1-3H3,(H,17,23). The van der Waals surface area contributed by atoms with Gasteiger partial charge in [0.15, 0.2) is 0 Å². The number of likely N-dealkylation sites (N-methyl/N-ethyl adjacent to an activating group) is 2. The average Bonchev–Trinajstić information content (AvgIpc) is 3.01. The van der Waals surface area contributed by atoms with Crippen molar-refractivity contribution in [2.24, 2.45) is 0 Å². The molecule has 2 aromatic rings. The van der Waals surface area contributed by atoms with Gasteiger partial charge in [0.1, 0.15) is 6.54 Å². The highest BCUT2D eigenvalue weighted by molar-refractivity contribution is 5.84. The molecular weight excluding hydrogens is 308 g/mol. The number of hydrogen-bond acceptors (Lipinski definition) is 5. The Bertz CT molecular complexity index is 712. The first kappa shape index (κ1) is 17.6. The molecule has 0 aliphatic rings. The molecule has 1 aromatic heterocycles. The van der Waals surface area contributed by atoms with Gasteiger partial charge in [0.2, 0.25) is 17.6 Å². The number of hydrogen-bond donors (Lipinski definition) is 1. The molecule has 0 unspecified atom stereocenters. The first-order valence-corrected chi connectivity index (χ1v) is 7.93. The van der Waals surface area contributed by atoms with E-state index in [0.717, 1.165) is 11.1 Å². The highest BCUT2D eigenvalue weighted by atomic mass is 16.2. The van der Waals surface area contributed by atoms with Crippen molar-refractivity contribution in [3.8, 4) is 11.4 Å². The van der Waals surface area contributed by atoms with E-state index in [-0.39, 0.29) is 24.9 Å². The summed E-state index contributed by atoms with van der Waals surface area (Å²) in [5.74, 6) is 0.0741. The minimum atomic E-state index is -0.225. The maximum atomic E-state index is 12.3. The molecule has 0 aliphatic carbocycles. The van der Waals surface area contributed by atoms with E-state index in [1.807, 2.05) is 45.0 Å². The molecule has 0 saturated heterocycles. The zero-order valence-corrected chi connectivity index (χ0v) is 14.2. The molecule has 1 aromatic carbocycles. The third-order valence-corrected chi connectivity index (χ3v) is 3.56. The lowest BCUT2D eigenvalue weighted by Gasteiger charge is -2.19. The number of amides is 2. The number of rotatable bonds is 7. The molecule has 128 valence electrons. The summed E-state index contributed by atoms with van der Waals surface area (Å²) in [5, 5.41) is 14.9. The van der Waals surface area contributed by atoms with Crippen molar-refractivity contribution in [3.63, 3.8) is 0 Å². The van der Waals surface area contributed by atoms with E-state index in [9.17, 15) is 9.59 Å². The van der Waals surface area contributed by atoms with E-state index in [1.54, 1.807) is 0 Å². The molecule has 8 nitrogen and oxygen atoms in total. The normalized spacial score (nSPS) is 10.5. The van der Waals surface area contributed by atoms with Crippen LogP contribution >= 0.6 is 0 Å². The fourth-order valence-electron chi connectivity index (χ4n) is 2.27. The number of aryl methyl sites for hydroxylation is 1. The van der Waals surface area contributed by atoms with Gasteiger partial charge in [0.05, 0.1) is 6.54 Å². The van der Waals surface area contributed by atoms with Crippen LogP contribution in [0.15, 0.2) is 24.3 Å². The smallest absolute Gasteiger partial charge is 0.246 e. The van der Waals surface area contributed by atoms with Crippen molar-refractivity contribution in [2.75, 3.05) is 19.6 Å². The van der Waals surface area contributed by atoms with Crippen molar-refractivity contribution in [2.45, 2.75) is 27.3 Å². The molecule has 2 amide bonds. The minimum absolute atomic E-state index is 0.0303. The number of tetrazole rings is 1. The largest absolute Gasteiger partial charge is 0.355 e. The molecule has 0 saturated carbocycles. The van der Waals surface area contributed by atoms with E-state index < -0.39 is 0 Å². The van der Waals surface area contributed by atoms with Crippen LogP contribution < -0.4 is 5.32 Å². The summed E-state index contributed by atoms with van der Waals surface area (Å²) >= 11 is 0. The van der Waals surface area contributed by atoms with Crippen LogP contribution in [0, 0.1) is 6.92 Å². The Kier molecular flexibility index (Phi) is 6.00. The van der Waals surface area contributed by atoms with Crippen LogP contribution in [0.4, 0.5) is 0 Å². The molecule has 1 N–H and O–H groups in total. The van der Waals surface area contributed by atoms with Gasteiger partial charge < -0.3 is 10.2 Å². The van der Waals surface area contributed by atoms with Gasteiger partial charge >= 0.3 is 0 Å². The summed E-state index contributed by atoms with van der Waals surface area (Å²) in [7, 11) is 0. The Balaban J connectivity index is 2.04. The molecule has 0 aliphatic heterocycles. The number of nitrogens with zero attached hydrogens (tertiary/aromatic N) is 5. The molecule has 0 atom stereocenters. The number of carbonyl (C=O) groups is 2. The van der Waals surface area contributed by atoms with Crippen molar-refractivity contribution in [3.05, 3.63) is 29.8 Å². The van der Waals surface area contributed by atoms with Crippen LogP contribution in [-0.2, 0) is 16.1 Å². The molecular formula is C16H22N6O2. The maximum Gasteiger partial charge on any atom is 0.246 e. The Morgan fingerprint density at radius 2 is 2.00 bits per heavy atom. The van der Waals surface area contributed by atoms with Crippen LogP contribution in [-0.4, -0.2) is 56.6 Å². The van der Waals surface area contributed by atoms with Crippen LogP contribution in [0.1, 0.15) is 19.4 Å². The van der Waals surface area contributed by atoms with Gasteiger partial charge in [0.25, 0.3) is 0 Å². The fourth-order valence-corrected chi connectivity index (χ4v) is 2.27. The third kappa shape index (κ3) is 4.37. The Morgan fingerprint density at radius 1 is 1.25 bits per heavy atom. The van der Waals surface area contributed by atoms with Crippen LogP contribution in [0.25, 0.3) is 11.4 Å². The number of nitrogens with one attached hydrogen (secondary N) is 1. The highest BCUT2D eigenvalue weighted by Crippen LogP contribution is 2.17. The van der Waals surface area contributed by atoms with Crippen molar-refractivity contribution in [1.82, 2.24) is 30.4 Å². The zero-order valence-electron chi connectivity index (χ0n) is 14.2. The quantitative estimate of drug-likeness (QED) is 0.804. The lowest BCUT2D eigenvalue weighted by atomic mass is 10.1. The molecule has 0 spiro atoms. The number of aromatic nitrogens is 4. The molecule has 24 heavy (non-hydrogen) atoms. The second-order valence-electron chi connectivity index (χ2n) is 5.32. The van der Waals surface area contributed by atoms with E-state index in [4.69, 9.17) is 0 Å². The van der Waals surface area contributed by atoms with E-state index >= 15 is 0 Å². The van der Waals surface area contributed by atoms with Gasteiger partial charge in [0, 0.05) is 18.7 Å². The van der Waals surface area contributed by atoms with Gasteiger partial charge in [-0.05, 0) is 31.5 Å². The summed E-state index contributed by atoms with van der Waals surface area (Å²) in [6, 6.07) is 7.71. The lowest BCUT2D eigenvalue weighted by Crippen LogP contribution is -2.42. The monoisotopic (exact) mass is 330 g/mol. The molecule has 0 fully saturated rings. The topological polar surface area (TPSA) is 93.0 Å². The summed E-state index contributed by atoms with van der Waals surface area (Å²) in [4.78, 5) is 26.7. The maximum absolute atomic E-state index is 12.3. The minimum Gasteiger partial charge on any atom is -0.355 e. The Morgan fingerprint density at radius 3 is 2.67 bits per heavy atom.